The van der Waals surface area contributed by atoms with Crippen molar-refractivity contribution in [2.24, 2.45) is 0 Å². The zero-order valence-electron chi connectivity index (χ0n) is 37.3. The monoisotopic (exact) mass is 1150 g/mol. The molecule has 0 unspecified atom stereocenters. The zero-order valence-corrected chi connectivity index (χ0v) is 50.4. The van der Waals surface area contributed by atoms with Gasteiger partial charge in [0.1, 0.15) is 0 Å². The van der Waals surface area contributed by atoms with Crippen LogP contribution in [0.2, 0.25) is 0 Å². The van der Waals surface area contributed by atoms with E-state index in [9.17, 15) is 0 Å². The van der Waals surface area contributed by atoms with Gasteiger partial charge in [-0.25, -0.2) is 0 Å². The maximum atomic E-state index is 2.39. The summed E-state index contributed by atoms with van der Waals surface area (Å²) in [5.41, 5.74) is 5.66. The van der Waals surface area contributed by atoms with Crippen LogP contribution in [0.25, 0.3) is 0 Å². The second-order valence-corrected chi connectivity index (χ2v) is 34.9. The van der Waals surface area contributed by atoms with Crippen LogP contribution in [-0.4, -0.2) is 23.0 Å². The lowest BCUT2D eigenvalue weighted by molar-refractivity contribution is 0.779. The minimum atomic E-state index is 1.00. The summed E-state index contributed by atoms with van der Waals surface area (Å²) in [4.78, 5) is 0. The van der Waals surface area contributed by atoms with Crippen LogP contribution in [0.4, 0.5) is 0 Å². The summed E-state index contributed by atoms with van der Waals surface area (Å²) in [5.74, 6) is 8.96. The summed E-state index contributed by atoms with van der Waals surface area (Å²) in [6.07, 6.45) is 15.7. The van der Waals surface area contributed by atoms with Crippen molar-refractivity contribution in [2.75, 3.05) is 23.0 Å². The van der Waals surface area contributed by atoms with Gasteiger partial charge >= 0.3 is 0 Å². The first kappa shape index (κ1) is 54.3. The van der Waals surface area contributed by atoms with Gasteiger partial charge in [0.15, 0.2) is 0 Å². The number of unbranched alkanes of at least 4 members (excludes halogenated alkanes) is 8. The molecular weight excluding hydrogens is 1090 g/mol. The first-order chi connectivity index (χ1) is 31.5. The van der Waals surface area contributed by atoms with Gasteiger partial charge in [-0.1, -0.05) is 222 Å². The van der Waals surface area contributed by atoms with Crippen LogP contribution in [0, 0.1) is 0 Å². The summed E-state index contributed by atoms with van der Waals surface area (Å²) in [7, 11) is 0. The van der Waals surface area contributed by atoms with Crippen LogP contribution in [0.5, 0.6) is 0 Å². The molecule has 0 aromatic heterocycles. The van der Waals surface area contributed by atoms with Crippen molar-refractivity contribution >= 4 is 188 Å². The average Bonchev–Trinajstić information content (AvgIpc) is 4.12. The van der Waals surface area contributed by atoms with Crippen LogP contribution >= 0.6 is 188 Å². The third kappa shape index (κ3) is 17.3. The predicted octanol–water partition coefficient (Wildman–Crippen LogP) is 22.7. The minimum Gasteiger partial charge on any atom is -0.117 e. The van der Waals surface area contributed by atoms with Crippen LogP contribution in [-0.2, 0) is 23.0 Å². The van der Waals surface area contributed by atoms with Crippen LogP contribution in [0.1, 0.15) is 127 Å². The van der Waals surface area contributed by atoms with Gasteiger partial charge in [0.2, 0.25) is 0 Å². The molecule has 0 N–H and O–H groups in total. The van der Waals surface area contributed by atoms with Crippen molar-refractivity contribution in [1.82, 2.24) is 0 Å². The highest BCUT2D eigenvalue weighted by Crippen LogP contribution is 2.68. The van der Waals surface area contributed by atoms with E-state index < -0.39 is 0 Å². The Balaban J connectivity index is 1.03. The highest BCUT2D eigenvalue weighted by Gasteiger charge is 2.33. The van der Waals surface area contributed by atoms with Gasteiger partial charge in [0, 0.05) is 23.0 Å². The fourth-order valence-electron chi connectivity index (χ4n) is 6.26. The molecule has 64 heavy (non-hydrogen) atoms. The van der Waals surface area contributed by atoms with Gasteiger partial charge in [-0.2, -0.15) is 0 Å². The normalized spacial score (nSPS) is 18.8. The molecule has 4 bridgehead atoms. The number of hydrogen-bond donors (Lipinski definition) is 0. The molecule has 348 valence electrons. The van der Waals surface area contributed by atoms with Crippen LogP contribution in [0.3, 0.4) is 0 Å². The molecule has 16 heteroatoms. The van der Waals surface area contributed by atoms with E-state index >= 15 is 0 Å². The smallest absolute Gasteiger partial charge is 0.0717 e. The number of rotatable bonds is 20. The SMILES string of the molecule is CCCCCSC1=C(SCCCCC)SC(=C2SC3=C(SCc4ccc(cc4)CSC4=C(SCc5ccc(cc5)CS3)SC(=C3SC(SCCCCC)=C(SCCCCC)S3)S4)S2)S1. The zero-order chi connectivity index (χ0) is 44.4. The largest absolute Gasteiger partial charge is 0.117 e. The molecule has 2 aromatic rings. The van der Waals surface area contributed by atoms with E-state index in [0.29, 0.717) is 0 Å². The topological polar surface area (TPSA) is 0 Å². The summed E-state index contributed by atoms with van der Waals surface area (Å²) in [6.45, 7) is 9.25. The molecule has 0 saturated heterocycles. The lowest BCUT2D eigenvalue weighted by Gasteiger charge is -2.09. The quantitative estimate of drug-likeness (QED) is 0.115. The van der Waals surface area contributed by atoms with Crippen LogP contribution < -0.4 is 0 Å². The van der Waals surface area contributed by atoms with Gasteiger partial charge in [-0.3, -0.25) is 0 Å². The highest BCUT2D eigenvalue weighted by molar-refractivity contribution is 8.46. The standard InChI is InChI=1S/C48H60S16/c1-5-9-13-25-49-37-38(50-26-14-10-6-2)58-45(57-37)47-61-41-42(62-47)54-30-34-19-23-36(24-20-34)32-56-44-43(55-31-35-21-17-33(18-22-35)29-53-41)63-48(64-44)46-59-39(51-27-15-11-7-3)40(60-46)52-28-16-12-8-4/h17-24H,5-16,25-32H2,1-4H3. The molecule has 8 aliphatic rings. The Morgan fingerprint density at radius 1 is 0.297 bits per heavy atom. The molecule has 10 rings (SSSR count). The number of benzene rings is 2. The van der Waals surface area contributed by atoms with E-state index in [1.54, 1.807) is 16.9 Å². The third-order valence-electron chi connectivity index (χ3n) is 9.93. The molecule has 0 aliphatic carbocycles. The van der Waals surface area contributed by atoms with E-state index in [1.807, 2.05) is 94.1 Å². The van der Waals surface area contributed by atoms with Gasteiger partial charge in [0.05, 0.1) is 50.8 Å². The molecule has 2 aromatic carbocycles. The summed E-state index contributed by atoms with van der Waals surface area (Å²) < 4.78 is 18.2. The summed E-state index contributed by atoms with van der Waals surface area (Å²) in [6, 6.07) is 19.1. The van der Waals surface area contributed by atoms with E-state index in [-0.39, 0.29) is 0 Å². The first-order valence-corrected chi connectivity index (χ1v) is 37.0. The van der Waals surface area contributed by atoms with Crippen molar-refractivity contribution in [2.45, 2.75) is 128 Å². The van der Waals surface area contributed by atoms with Crippen molar-refractivity contribution in [3.63, 3.8) is 0 Å². The molecule has 0 spiro atoms. The van der Waals surface area contributed by atoms with Crippen molar-refractivity contribution in [1.29, 1.82) is 0 Å². The highest BCUT2D eigenvalue weighted by atomic mass is 32.3. The first-order valence-electron chi connectivity index (χ1n) is 22.6. The lowest BCUT2D eigenvalue weighted by atomic mass is 10.2. The maximum absolute atomic E-state index is 2.39. The minimum absolute atomic E-state index is 1.00. The second-order valence-electron chi connectivity index (χ2n) is 15.3. The lowest BCUT2D eigenvalue weighted by Crippen LogP contribution is -1.87. The third-order valence-corrected chi connectivity index (χ3v) is 33.7. The second kappa shape index (κ2) is 30.5. The Kier molecular flexibility index (Phi) is 25.9. The molecule has 0 saturated carbocycles. The fraction of sp³-hybridized carbons (Fsp3) is 0.500. The maximum Gasteiger partial charge on any atom is 0.0717 e. The molecule has 0 fully saturated rings. The Morgan fingerprint density at radius 3 is 0.734 bits per heavy atom. The van der Waals surface area contributed by atoms with Gasteiger partial charge in [-0.05, 0) is 70.9 Å². The summed E-state index contributed by atoms with van der Waals surface area (Å²) in [5, 5.41) is 0. The molecular formula is C48H60S16. The van der Waals surface area contributed by atoms with Gasteiger partial charge in [-0.15, -0.1) is 94.1 Å². The van der Waals surface area contributed by atoms with Gasteiger partial charge in [0.25, 0.3) is 0 Å². The Hall–Kier alpha value is 2.48. The van der Waals surface area contributed by atoms with Crippen molar-refractivity contribution in [3.05, 3.63) is 122 Å². The van der Waals surface area contributed by atoms with E-state index in [2.05, 4.69) is 170 Å². The molecule has 0 amide bonds. The van der Waals surface area contributed by atoms with E-state index in [4.69, 9.17) is 0 Å². The Morgan fingerprint density at radius 2 is 0.516 bits per heavy atom. The van der Waals surface area contributed by atoms with Crippen molar-refractivity contribution in [3.8, 4) is 0 Å². The average molecular weight is 1150 g/mol. The van der Waals surface area contributed by atoms with E-state index in [1.165, 1.54) is 156 Å². The number of thioether (sulfide) groups is 16. The summed E-state index contributed by atoms with van der Waals surface area (Å²) >= 11 is 33.1. The van der Waals surface area contributed by atoms with Crippen LogP contribution in [0.15, 0.2) is 99.4 Å². The Labute approximate surface area is 454 Å². The Bertz CT molecular complexity index is 1750. The molecule has 0 atom stereocenters. The predicted molar refractivity (Wildman–Crippen MR) is 329 cm³/mol. The number of hydrogen-bond acceptors (Lipinski definition) is 16. The molecule has 8 heterocycles. The van der Waals surface area contributed by atoms with Crippen molar-refractivity contribution < 1.29 is 0 Å². The molecule has 0 nitrogen and oxygen atoms in total. The fourth-order valence-corrected chi connectivity index (χ4v) is 30.3. The van der Waals surface area contributed by atoms with Gasteiger partial charge < -0.3 is 0 Å². The molecule has 0 radical (unpaired) electrons. The molecule has 8 aliphatic heterocycles. The van der Waals surface area contributed by atoms with E-state index in [0.717, 1.165) is 23.0 Å².